The van der Waals surface area contributed by atoms with Crippen LogP contribution in [0.5, 0.6) is 0 Å². The standard InChI is InChI=1S/C9H8FN3/c10-6-1-4-8-9(5-6)13(12-11-8)7-2-3-7/h1,4-5,7H,2-3H2. The molecule has 1 fully saturated rings. The Labute approximate surface area is 74.2 Å². The molecule has 4 heteroatoms. The third-order valence-electron chi connectivity index (χ3n) is 2.33. The minimum Gasteiger partial charge on any atom is -0.241 e. The predicted octanol–water partition coefficient (Wildman–Crippen LogP) is 1.91. The third-order valence-corrected chi connectivity index (χ3v) is 2.33. The lowest BCUT2D eigenvalue weighted by molar-refractivity contribution is 0.616. The lowest BCUT2D eigenvalue weighted by Gasteiger charge is -1.96. The van der Waals surface area contributed by atoms with Crippen LogP contribution in [0.15, 0.2) is 18.2 Å². The zero-order valence-corrected chi connectivity index (χ0v) is 6.94. The molecule has 3 nitrogen and oxygen atoms in total. The van der Waals surface area contributed by atoms with E-state index in [4.69, 9.17) is 0 Å². The van der Waals surface area contributed by atoms with Gasteiger partial charge in [0.15, 0.2) is 0 Å². The molecule has 0 bridgehead atoms. The van der Waals surface area contributed by atoms with Crippen molar-refractivity contribution in [1.29, 1.82) is 0 Å². The van der Waals surface area contributed by atoms with Crippen LogP contribution in [0.25, 0.3) is 11.0 Å². The molecule has 1 aromatic heterocycles. The number of halogens is 1. The van der Waals surface area contributed by atoms with Gasteiger partial charge in [-0.3, -0.25) is 0 Å². The van der Waals surface area contributed by atoms with Crippen LogP contribution >= 0.6 is 0 Å². The van der Waals surface area contributed by atoms with E-state index in [0.717, 1.165) is 23.9 Å². The average Bonchev–Trinajstić information content (AvgIpc) is 2.87. The highest BCUT2D eigenvalue weighted by atomic mass is 19.1. The van der Waals surface area contributed by atoms with E-state index in [9.17, 15) is 4.39 Å². The fourth-order valence-corrected chi connectivity index (χ4v) is 1.50. The van der Waals surface area contributed by atoms with Crippen molar-refractivity contribution in [2.75, 3.05) is 0 Å². The first-order chi connectivity index (χ1) is 6.34. The van der Waals surface area contributed by atoms with E-state index in [0.29, 0.717) is 6.04 Å². The van der Waals surface area contributed by atoms with Gasteiger partial charge in [0, 0.05) is 6.07 Å². The van der Waals surface area contributed by atoms with E-state index in [1.807, 2.05) is 4.68 Å². The second-order valence-electron chi connectivity index (χ2n) is 3.40. The largest absolute Gasteiger partial charge is 0.241 e. The highest BCUT2D eigenvalue weighted by molar-refractivity contribution is 5.74. The van der Waals surface area contributed by atoms with Gasteiger partial charge < -0.3 is 0 Å². The number of hydrogen-bond donors (Lipinski definition) is 0. The van der Waals surface area contributed by atoms with E-state index >= 15 is 0 Å². The van der Waals surface area contributed by atoms with Crippen LogP contribution in [0.4, 0.5) is 4.39 Å². The molecule has 0 aliphatic heterocycles. The lowest BCUT2D eigenvalue weighted by Crippen LogP contribution is -1.95. The summed E-state index contributed by atoms with van der Waals surface area (Å²) in [5, 5.41) is 7.97. The van der Waals surface area contributed by atoms with Crippen molar-refractivity contribution in [3.8, 4) is 0 Å². The number of aromatic nitrogens is 3. The van der Waals surface area contributed by atoms with Crippen molar-refractivity contribution in [2.24, 2.45) is 0 Å². The first-order valence-corrected chi connectivity index (χ1v) is 4.35. The minimum absolute atomic E-state index is 0.225. The zero-order chi connectivity index (χ0) is 8.84. The molecule has 1 aliphatic carbocycles. The van der Waals surface area contributed by atoms with E-state index < -0.39 is 0 Å². The maximum absolute atomic E-state index is 12.9. The van der Waals surface area contributed by atoms with Gasteiger partial charge in [-0.1, -0.05) is 5.21 Å². The highest BCUT2D eigenvalue weighted by Crippen LogP contribution is 2.35. The van der Waals surface area contributed by atoms with Crippen molar-refractivity contribution >= 4 is 11.0 Å². The summed E-state index contributed by atoms with van der Waals surface area (Å²) >= 11 is 0. The van der Waals surface area contributed by atoms with Gasteiger partial charge in [-0.25, -0.2) is 9.07 Å². The molecule has 3 rings (SSSR count). The fraction of sp³-hybridized carbons (Fsp3) is 0.333. The van der Waals surface area contributed by atoms with Crippen LogP contribution < -0.4 is 0 Å². The Hall–Kier alpha value is -1.45. The summed E-state index contributed by atoms with van der Waals surface area (Å²) in [4.78, 5) is 0. The molecule has 2 aromatic rings. The molecule has 0 N–H and O–H groups in total. The topological polar surface area (TPSA) is 30.7 Å². The van der Waals surface area contributed by atoms with Gasteiger partial charge in [-0.15, -0.1) is 5.10 Å². The molecule has 1 saturated carbocycles. The van der Waals surface area contributed by atoms with E-state index in [2.05, 4.69) is 10.3 Å². The molecule has 66 valence electrons. The highest BCUT2D eigenvalue weighted by Gasteiger charge is 2.26. The Morgan fingerprint density at radius 2 is 2.23 bits per heavy atom. The summed E-state index contributed by atoms with van der Waals surface area (Å²) in [7, 11) is 0. The Bertz CT molecular complexity index is 459. The monoisotopic (exact) mass is 177 g/mol. The van der Waals surface area contributed by atoms with Gasteiger partial charge in [0.05, 0.1) is 11.6 Å². The minimum atomic E-state index is -0.225. The normalized spacial score (nSPS) is 16.7. The molecular weight excluding hydrogens is 169 g/mol. The number of nitrogens with zero attached hydrogens (tertiary/aromatic N) is 3. The van der Waals surface area contributed by atoms with Gasteiger partial charge in [0.2, 0.25) is 0 Å². The van der Waals surface area contributed by atoms with Gasteiger partial charge in [-0.2, -0.15) is 0 Å². The number of rotatable bonds is 1. The fourth-order valence-electron chi connectivity index (χ4n) is 1.50. The van der Waals surface area contributed by atoms with Crippen molar-refractivity contribution < 1.29 is 4.39 Å². The Morgan fingerprint density at radius 3 is 3.00 bits per heavy atom. The smallest absolute Gasteiger partial charge is 0.125 e. The van der Waals surface area contributed by atoms with Gasteiger partial charge in [0.1, 0.15) is 11.3 Å². The third kappa shape index (κ3) is 1.02. The Morgan fingerprint density at radius 1 is 1.38 bits per heavy atom. The number of fused-ring (bicyclic) bond motifs is 1. The van der Waals surface area contributed by atoms with Crippen LogP contribution in [0, 0.1) is 5.82 Å². The molecule has 1 heterocycles. The molecular formula is C9H8FN3. The quantitative estimate of drug-likeness (QED) is 0.666. The van der Waals surface area contributed by atoms with E-state index in [-0.39, 0.29) is 5.82 Å². The Kier molecular flexibility index (Phi) is 1.23. The molecule has 0 amide bonds. The average molecular weight is 177 g/mol. The summed E-state index contributed by atoms with van der Waals surface area (Å²) in [5.41, 5.74) is 1.58. The summed E-state index contributed by atoms with van der Waals surface area (Å²) in [6.07, 6.45) is 2.27. The van der Waals surface area contributed by atoms with Gasteiger partial charge in [0.25, 0.3) is 0 Å². The van der Waals surface area contributed by atoms with Crippen LogP contribution in [0.2, 0.25) is 0 Å². The molecule has 1 aromatic carbocycles. The molecule has 13 heavy (non-hydrogen) atoms. The van der Waals surface area contributed by atoms with Gasteiger partial charge in [-0.05, 0) is 25.0 Å². The van der Waals surface area contributed by atoms with E-state index in [1.165, 1.54) is 12.1 Å². The van der Waals surface area contributed by atoms with Crippen LogP contribution in [0.3, 0.4) is 0 Å². The first-order valence-electron chi connectivity index (χ1n) is 4.35. The summed E-state index contributed by atoms with van der Waals surface area (Å²) < 4.78 is 14.7. The second kappa shape index (κ2) is 2.28. The molecule has 0 radical (unpaired) electrons. The predicted molar refractivity (Wildman–Crippen MR) is 45.8 cm³/mol. The molecule has 0 spiro atoms. The summed E-state index contributed by atoms with van der Waals surface area (Å²) in [5.74, 6) is -0.225. The lowest BCUT2D eigenvalue weighted by atomic mass is 10.3. The second-order valence-corrected chi connectivity index (χ2v) is 3.40. The van der Waals surface area contributed by atoms with Crippen molar-refractivity contribution in [2.45, 2.75) is 18.9 Å². The molecule has 0 saturated heterocycles. The zero-order valence-electron chi connectivity index (χ0n) is 6.94. The van der Waals surface area contributed by atoms with E-state index in [1.54, 1.807) is 6.07 Å². The van der Waals surface area contributed by atoms with Crippen molar-refractivity contribution in [3.05, 3.63) is 24.0 Å². The summed E-state index contributed by atoms with van der Waals surface area (Å²) in [6.45, 7) is 0. The van der Waals surface area contributed by atoms with Gasteiger partial charge >= 0.3 is 0 Å². The summed E-state index contributed by atoms with van der Waals surface area (Å²) in [6, 6.07) is 5.02. The SMILES string of the molecule is Fc1ccc2nnn(C3CC3)c2c1. The molecule has 0 unspecified atom stereocenters. The van der Waals surface area contributed by atoms with Crippen molar-refractivity contribution in [1.82, 2.24) is 15.0 Å². The number of hydrogen-bond acceptors (Lipinski definition) is 2. The molecule has 1 aliphatic rings. The first kappa shape index (κ1) is 7.00. The van der Waals surface area contributed by atoms with Crippen LogP contribution in [-0.2, 0) is 0 Å². The number of benzene rings is 1. The molecule has 0 atom stereocenters. The Balaban J connectivity index is 2.29. The van der Waals surface area contributed by atoms with Crippen molar-refractivity contribution in [3.63, 3.8) is 0 Å². The van der Waals surface area contributed by atoms with Crippen LogP contribution in [-0.4, -0.2) is 15.0 Å². The van der Waals surface area contributed by atoms with Crippen LogP contribution in [0.1, 0.15) is 18.9 Å². The maximum Gasteiger partial charge on any atom is 0.125 e. The maximum atomic E-state index is 12.9.